The Morgan fingerprint density at radius 1 is 0.951 bits per heavy atom. The van der Waals surface area contributed by atoms with Gasteiger partial charge in [0.2, 0.25) is 0 Å². The number of halogens is 3. The summed E-state index contributed by atoms with van der Waals surface area (Å²) in [7, 11) is 0. The number of hydrogen-bond acceptors (Lipinski definition) is 7. The smallest absolute Gasteiger partial charge is 0.475 e. The van der Waals surface area contributed by atoms with Crippen molar-refractivity contribution in [1.82, 2.24) is 19.4 Å². The van der Waals surface area contributed by atoms with Crippen molar-refractivity contribution < 1.29 is 27.8 Å². The molecule has 4 heterocycles. The summed E-state index contributed by atoms with van der Waals surface area (Å²) in [6, 6.07) is 20.4. The van der Waals surface area contributed by atoms with Gasteiger partial charge in [0, 0.05) is 41.6 Å². The fourth-order valence-electron chi connectivity index (χ4n) is 4.50. The first-order chi connectivity index (χ1) is 19.7. The van der Waals surface area contributed by atoms with Gasteiger partial charge in [-0.1, -0.05) is 36.4 Å². The largest absolute Gasteiger partial charge is 0.490 e. The van der Waals surface area contributed by atoms with E-state index in [1.807, 2.05) is 42.6 Å². The molecule has 1 aliphatic rings. The number of nitrogen functional groups attached to an aromatic ring is 1. The van der Waals surface area contributed by atoms with Crippen molar-refractivity contribution in [2.24, 2.45) is 0 Å². The van der Waals surface area contributed by atoms with Crippen LogP contribution in [-0.2, 0) is 22.4 Å². The molecule has 3 aromatic heterocycles. The van der Waals surface area contributed by atoms with Gasteiger partial charge >= 0.3 is 12.1 Å². The number of aliphatic carboxylic acids is 1. The van der Waals surface area contributed by atoms with Crippen LogP contribution in [0.2, 0.25) is 0 Å². The van der Waals surface area contributed by atoms with Crippen LogP contribution in [0.15, 0.2) is 73.1 Å². The zero-order valence-corrected chi connectivity index (χ0v) is 21.9. The van der Waals surface area contributed by atoms with Crippen LogP contribution >= 0.6 is 0 Å². The summed E-state index contributed by atoms with van der Waals surface area (Å²) in [5, 5.41) is 8.29. The molecule has 0 saturated carbocycles. The van der Waals surface area contributed by atoms with Crippen molar-refractivity contribution >= 4 is 34.0 Å². The van der Waals surface area contributed by atoms with Gasteiger partial charge in [0.25, 0.3) is 0 Å². The van der Waals surface area contributed by atoms with Gasteiger partial charge in [-0.25, -0.2) is 14.8 Å². The molecule has 1 fully saturated rings. The zero-order chi connectivity index (χ0) is 29.0. The number of pyridine rings is 1. The molecule has 3 N–H and O–H groups in total. The van der Waals surface area contributed by atoms with Gasteiger partial charge in [-0.2, -0.15) is 13.2 Å². The molecule has 6 rings (SSSR count). The Bertz CT molecular complexity index is 1660. The van der Waals surface area contributed by atoms with Gasteiger partial charge in [0.05, 0.1) is 36.3 Å². The van der Waals surface area contributed by atoms with Crippen molar-refractivity contribution in [3.8, 4) is 11.3 Å². The topological polar surface area (TPSA) is 119 Å². The summed E-state index contributed by atoms with van der Waals surface area (Å²) in [4.78, 5) is 25.9. The molecule has 0 radical (unpaired) electrons. The van der Waals surface area contributed by atoms with E-state index in [9.17, 15) is 13.2 Å². The van der Waals surface area contributed by atoms with E-state index in [2.05, 4.69) is 39.8 Å². The summed E-state index contributed by atoms with van der Waals surface area (Å²) < 4.78 is 39.4. The molecule has 0 atom stereocenters. The number of aromatic nitrogens is 4. The quantitative estimate of drug-likeness (QED) is 0.293. The molecule has 12 heteroatoms. The van der Waals surface area contributed by atoms with E-state index in [4.69, 9.17) is 35.3 Å². The minimum Gasteiger partial charge on any atom is -0.475 e. The van der Waals surface area contributed by atoms with Crippen LogP contribution in [0.3, 0.4) is 0 Å². The number of para-hydroxylation sites is 1. The first kappa shape index (κ1) is 27.8. The maximum atomic E-state index is 10.6. The number of alkyl halides is 3. The average Bonchev–Trinajstić information content (AvgIpc) is 3.41. The van der Waals surface area contributed by atoms with Crippen LogP contribution in [-0.4, -0.2) is 62.9 Å². The van der Waals surface area contributed by atoms with Gasteiger partial charge in [-0.15, -0.1) is 0 Å². The number of rotatable bonds is 5. The lowest BCUT2D eigenvalue weighted by atomic mass is 10.1. The van der Waals surface area contributed by atoms with Crippen LogP contribution in [0.5, 0.6) is 0 Å². The number of imidazole rings is 1. The number of carboxylic acid groups (broad SMARTS) is 1. The summed E-state index contributed by atoms with van der Waals surface area (Å²) >= 11 is 0. The SMILES string of the molecule is Nc1ccc(-c2cnc(N3CCOCC3)c3nc(CCc4ccc5ccccc5n4)cn23)cc1.O=C(O)C(F)(F)F. The molecule has 0 spiro atoms. The highest BCUT2D eigenvalue weighted by molar-refractivity contribution is 5.78. The molecule has 5 aromatic rings. The van der Waals surface area contributed by atoms with Crippen LogP contribution in [0.4, 0.5) is 24.7 Å². The van der Waals surface area contributed by atoms with Gasteiger partial charge in [-0.05, 0) is 37.1 Å². The molecule has 0 amide bonds. The number of nitrogens with two attached hydrogens (primary N) is 1. The number of carboxylic acids is 1. The number of carbonyl (C=O) groups is 1. The van der Waals surface area contributed by atoms with Crippen LogP contribution in [0.25, 0.3) is 27.8 Å². The Kier molecular flexibility index (Phi) is 8.02. The third-order valence-corrected chi connectivity index (χ3v) is 6.58. The lowest BCUT2D eigenvalue weighted by Crippen LogP contribution is -2.37. The number of benzene rings is 2. The molecule has 0 aliphatic carbocycles. The van der Waals surface area contributed by atoms with E-state index in [1.165, 1.54) is 0 Å². The molecule has 0 unspecified atom stereocenters. The second-order valence-electron chi connectivity index (χ2n) is 9.41. The Morgan fingerprint density at radius 2 is 1.63 bits per heavy atom. The number of fused-ring (bicyclic) bond motifs is 2. The second-order valence-corrected chi connectivity index (χ2v) is 9.41. The molecule has 212 valence electrons. The molecule has 41 heavy (non-hydrogen) atoms. The first-order valence-electron chi connectivity index (χ1n) is 12.9. The average molecular weight is 565 g/mol. The van der Waals surface area contributed by atoms with Crippen LogP contribution in [0, 0.1) is 0 Å². The monoisotopic (exact) mass is 564 g/mol. The predicted molar refractivity (Wildman–Crippen MR) is 149 cm³/mol. The molecule has 9 nitrogen and oxygen atoms in total. The van der Waals surface area contributed by atoms with Crippen molar-refractivity contribution in [2.45, 2.75) is 19.0 Å². The Labute approximate surface area is 233 Å². The molecule has 2 aromatic carbocycles. The highest BCUT2D eigenvalue weighted by Crippen LogP contribution is 2.28. The normalized spacial score (nSPS) is 13.7. The number of hydrogen-bond donors (Lipinski definition) is 2. The van der Waals surface area contributed by atoms with Crippen LogP contribution < -0.4 is 10.6 Å². The van der Waals surface area contributed by atoms with Crippen molar-refractivity contribution in [1.29, 1.82) is 0 Å². The van der Waals surface area contributed by atoms with E-state index >= 15 is 0 Å². The lowest BCUT2D eigenvalue weighted by molar-refractivity contribution is -0.192. The number of morpholine rings is 1. The standard InChI is InChI=1S/C27H26N6O.C2HF3O2/c28-21-8-5-20(6-9-21)25-17-29-26(32-13-15-34-16-14-32)27-31-23(18-33(25)27)12-11-22-10-7-19-3-1-2-4-24(19)30-22;3-2(4,5)1(6)7/h1-10,17-18H,11-16,28H2;(H,6,7). The fraction of sp³-hybridized carbons (Fsp3) is 0.241. The highest BCUT2D eigenvalue weighted by Gasteiger charge is 2.38. The molecule has 0 bridgehead atoms. The Balaban J connectivity index is 0.000000431. The van der Waals surface area contributed by atoms with Crippen LogP contribution in [0.1, 0.15) is 11.4 Å². The van der Waals surface area contributed by atoms with E-state index in [0.29, 0.717) is 13.2 Å². The van der Waals surface area contributed by atoms with E-state index in [-0.39, 0.29) is 0 Å². The van der Waals surface area contributed by atoms with E-state index in [0.717, 1.165) is 76.6 Å². The fourth-order valence-corrected chi connectivity index (χ4v) is 4.50. The summed E-state index contributed by atoms with van der Waals surface area (Å²) in [6.07, 6.45) is 0.607. The summed E-state index contributed by atoms with van der Waals surface area (Å²) in [5.74, 6) is -1.86. The van der Waals surface area contributed by atoms with Gasteiger partial charge in [-0.3, -0.25) is 9.38 Å². The zero-order valence-electron chi connectivity index (χ0n) is 21.9. The Morgan fingerprint density at radius 3 is 2.34 bits per heavy atom. The third kappa shape index (κ3) is 6.55. The maximum absolute atomic E-state index is 10.6. The summed E-state index contributed by atoms with van der Waals surface area (Å²) in [6.45, 7) is 3.03. The minimum absolute atomic E-state index is 0.703. The Hall–Kier alpha value is -4.71. The van der Waals surface area contributed by atoms with Gasteiger partial charge in [0.1, 0.15) is 0 Å². The maximum Gasteiger partial charge on any atom is 0.490 e. The number of anilines is 2. The minimum atomic E-state index is -5.08. The van der Waals surface area contributed by atoms with E-state index in [1.54, 1.807) is 0 Å². The van der Waals surface area contributed by atoms with Crippen molar-refractivity contribution in [3.05, 3.63) is 84.4 Å². The molecule has 1 aliphatic heterocycles. The molecule has 1 saturated heterocycles. The first-order valence-corrected chi connectivity index (χ1v) is 12.9. The number of ether oxygens (including phenoxy) is 1. The predicted octanol–water partition coefficient (Wildman–Crippen LogP) is 4.78. The van der Waals surface area contributed by atoms with E-state index < -0.39 is 12.1 Å². The van der Waals surface area contributed by atoms with Crippen molar-refractivity contribution in [2.75, 3.05) is 36.9 Å². The second kappa shape index (κ2) is 11.8. The number of aryl methyl sites for hydroxylation is 2. The summed E-state index contributed by atoms with van der Waals surface area (Å²) in [5.41, 5.74) is 12.7. The molecular weight excluding hydrogens is 537 g/mol. The molecular formula is C29H27F3N6O3. The lowest BCUT2D eigenvalue weighted by Gasteiger charge is -2.28. The number of nitrogens with zero attached hydrogens (tertiary/aromatic N) is 5. The van der Waals surface area contributed by atoms with Crippen molar-refractivity contribution in [3.63, 3.8) is 0 Å². The van der Waals surface area contributed by atoms with Gasteiger partial charge < -0.3 is 20.5 Å². The highest BCUT2D eigenvalue weighted by atomic mass is 19.4. The van der Waals surface area contributed by atoms with Gasteiger partial charge in [0.15, 0.2) is 11.5 Å². The third-order valence-electron chi connectivity index (χ3n) is 6.58.